The van der Waals surface area contributed by atoms with Crippen LogP contribution in [-0.4, -0.2) is 19.1 Å². The lowest BCUT2D eigenvalue weighted by Gasteiger charge is -1.89. The molecule has 0 amide bonds. The summed E-state index contributed by atoms with van der Waals surface area (Å²) in [7, 11) is 0. The molecule has 3 nitrogen and oxygen atoms in total. The van der Waals surface area contributed by atoms with Crippen LogP contribution in [0, 0.1) is 0 Å². The minimum atomic E-state index is 0.701. The molecule has 0 saturated heterocycles. The molecule has 0 radical (unpaired) electrons. The second-order valence-corrected chi connectivity index (χ2v) is 1.81. The van der Waals surface area contributed by atoms with Crippen molar-refractivity contribution in [3.05, 3.63) is 24.6 Å². The Morgan fingerprint density at radius 3 is 3.40 bits per heavy atom. The van der Waals surface area contributed by atoms with Gasteiger partial charge in [-0.15, -0.1) is 0 Å². The van der Waals surface area contributed by atoms with E-state index >= 15 is 0 Å². The highest BCUT2D eigenvalue weighted by molar-refractivity contribution is 5.67. The van der Waals surface area contributed by atoms with Crippen LogP contribution in [0.5, 0.6) is 0 Å². The average Bonchev–Trinajstić information content (AvgIpc) is 2.02. The van der Waals surface area contributed by atoms with E-state index in [9.17, 15) is 0 Å². The SMILES string of the molecule is C=C1/C=C\N=C/CN/C=N\1. The van der Waals surface area contributed by atoms with E-state index in [-0.39, 0.29) is 0 Å². The molecule has 0 fully saturated rings. The van der Waals surface area contributed by atoms with Gasteiger partial charge in [0.25, 0.3) is 0 Å². The molecule has 0 aliphatic carbocycles. The van der Waals surface area contributed by atoms with Crippen molar-refractivity contribution in [1.29, 1.82) is 0 Å². The van der Waals surface area contributed by atoms with Gasteiger partial charge >= 0.3 is 0 Å². The summed E-state index contributed by atoms with van der Waals surface area (Å²) in [6.45, 7) is 4.37. The minimum absolute atomic E-state index is 0.701. The monoisotopic (exact) mass is 135 g/mol. The summed E-state index contributed by atoms with van der Waals surface area (Å²) in [6.07, 6.45) is 6.80. The van der Waals surface area contributed by atoms with Gasteiger partial charge in [-0.2, -0.15) is 0 Å². The zero-order valence-corrected chi connectivity index (χ0v) is 5.62. The normalized spacial score (nSPS) is 27.0. The maximum absolute atomic E-state index is 3.95. The Morgan fingerprint density at radius 1 is 1.60 bits per heavy atom. The van der Waals surface area contributed by atoms with Gasteiger partial charge in [-0.3, -0.25) is 4.99 Å². The Labute approximate surface area is 59.9 Å². The maximum Gasteiger partial charge on any atom is 0.0889 e. The number of allylic oxidation sites excluding steroid dienone is 1. The van der Waals surface area contributed by atoms with Gasteiger partial charge in [0.05, 0.1) is 18.6 Å². The lowest BCUT2D eigenvalue weighted by atomic mass is 10.5. The molecule has 0 atom stereocenters. The predicted molar refractivity (Wildman–Crippen MR) is 43.3 cm³/mol. The van der Waals surface area contributed by atoms with E-state index in [1.54, 1.807) is 24.8 Å². The Bertz CT molecular complexity index is 201. The van der Waals surface area contributed by atoms with Gasteiger partial charge in [-0.05, 0) is 6.08 Å². The third-order valence-electron chi connectivity index (χ3n) is 0.989. The van der Waals surface area contributed by atoms with E-state index in [0.717, 1.165) is 0 Å². The smallest absolute Gasteiger partial charge is 0.0889 e. The number of rotatable bonds is 0. The summed E-state index contributed by atoms with van der Waals surface area (Å²) < 4.78 is 0. The molecule has 52 valence electrons. The summed E-state index contributed by atoms with van der Waals surface area (Å²) in [5.41, 5.74) is 0.701. The molecule has 0 aromatic heterocycles. The number of nitrogens with zero attached hydrogens (tertiary/aromatic N) is 2. The van der Waals surface area contributed by atoms with Crippen molar-refractivity contribution in [2.24, 2.45) is 9.98 Å². The summed E-state index contributed by atoms with van der Waals surface area (Å²) >= 11 is 0. The van der Waals surface area contributed by atoms with Crippen molar-refractivity contribution in [3.63, 3.8) is 0 Å². The van der Waals surface area contributed by atoms with Gasteiger partial charge in [0.2, 0.25) is 0 Å². The molecule has 1 N–H and O–H groups in total. The van der Waals surface area contributed by atoms with Crippen LogP contribution < -0.4 is 5.32 Å². The molecular formula is C7H9N3. The van der Waals surface area contributed by atoms with Crippen LogP contribution in [0.2, 0.25) is 0 Å². The molecule has 1 aliphatic rings. The molecule has 0 aromatic carbocycles. The first-order chi connectivity index (χ1) is 4.89. The predicted octanol–water partition coefficient (Wildman–Crippen LogP) is 0.716. The van der Waals surface area contributed by atoms with Crippen molar-refractivity contribution in [1.82, 2.24) is 5.32 Å². The first-order valence-corrected chi connectivity index (χ1v) is 3.02. The van der Waals surface area contributed by atoms with Crippen molar-refractivity contribution in [2.45, 2.75) is 0 Å². The molecule has 10 heavy (non-hydrogen) atoms. The van der Waals surface area contributed by atoms with Gasteiger partial charge in [-0.25, -0.2) is 4.99 Å². The fraction of sp³-hybridized carbons (Fsp3) is 0.143. The molecule has 0 spiro atoms. The third kappa shape index (κ3) is 2.26. The molecule has 0 bridgehead atoms. The van der Waals surface area contributed by atoms with Gasteiger partial charge in [-0.1, -0.05) is 6.58 Å². The van der Waals surface area contributed by atoms with Crippen molar-refractivity contribution < 1.29 is 0 Å². The average molecular weight is 135 g/mol. The van der Waals surface area contributed by atoms with Gasteiger partial charge in [0.1, 0.15) is 0 Å². The van der Waals surface area contributed by atoms with E-state index in [2.05, 4.69) is 21.9 Å². The molecule has 3 heteroatoms. The zero-order chi connectivity index (χ0) is 7.23. The molecule has 1 rings (SSSR count). The second-order valence-electron chi connectivity index (χ2n) is 1.81. The number of aliphatic imine (C=N–C) groups is 2. The molecular weight excluding hydrogens is 126 g/mol. The van der Waals surface area contributed by atoms with Crippen LogP contribution in [0.1, 0.15) is 0 Å². The highest BCUT2D eigenvalue weighted by Gasteiger charge is 1.81. The van der Waals surface area contributed by atoms with Crippen LogP contribution in [-0.2, 0) is 0 Å². The lowest BCUT2D eigenvalue weighted by Crippen LogP contribution is -2.12. The van der Waals surface area contributed by atoms with Gasteiger partial charge in [0, 0.05) is 12.4 Å². The zero-order valence-electron chi connectivity index (χ0n) is 5.62. The summed E-state index contributed by atoms with van der Waals surface area (Å²) in [6, 6.07) is 0. The van der Waals surface area contributed by atoms with Crippen molar-refractivity contribution in [3.8, 4) is 0 Å². The van der Waals surface area contributed by atoms with E-state index in [1.165, 1.54) is 0 Å². The number of hydrogen-bond donors (Lipinski definition) is 1. The first-order valence-electron chi connectivity index (χ1n) is 3.02. The quantitative estimate of drug-likeness (QED) is 0.522. The summed E-state index contributed by atoms with van der Waals surface area (Å²) in [5.74, 6) is 0. The molecule has 0 saturated carbocycles. The highest BCUT2D eigenvalue weighted by Crippen LogP contribution is 1.93. The third-order valence-corrected chi connectivity index (χ3v) is 0.989. The molecule has 0 aromatic rings. The highest BCUT2D eigenvalue weighted by atomic mass is 14.9. The van der Waals surface area contributed by atoms with Crippen LogP contribution in [0.25, 0.3) is 0 Å². The van der Waals surface area contributed by atoms with E-state index in [1.807, 2.05) is 0 Å². The summed E-state index contributed by atoms with van der Waals surface area (Å²) in [4.78, 5) is 7.88. The van der Waals surface area contributed by atoms with Crippen LogP contribution in [0.3, 0.4) is 0 Å². The maximum atomic E-state index is 3.95. The van der Waals surface area contributed by atoms with Crippen LogP contribution in [0.4, 0.5) is 0 Å². The topological polar surface area (TPSA) is 36.8 Å². The first kappa shape index (κ1) is 6.74. The summed E-state index contributed by atoms with van der Waals surface area (Å²) in [5, 5.41) is 2.92. The second kappa shape index (κ2) is 3.61. The van der Waals surface area contributed by atoms with Crippen molar-refractivity contribution in [2.75, 3.05) is 6.54 Å². The fourth-order valence-electron chi connectivity index (χ4n) is 0.520. The van der Waals surface area contributed by atoms with Gasteiger partial charge < -0.3 is 5.32 Å². The van der Waals surface area contributed by atoms with Crippen LogP contribution in [0.15, 0.2) is 34.5 Å². The minimum Gasteiger partial charge on any atom is -0.371 e. The van der Waals surface area contributed by atoms with E-state index < -0.39 is 0 Å². The molecule has 0 unspecified atom stereocenters. The number of nitrogens with one attached hydrogen (secondary N) is 1. The molecule has 1 heterocycles. The Morgan fingerprint density at radius 2 is 2.50 bits per heavy atom. The molecule has 1 aliphatic heterocycles. The lowest BCUT2D eigenvalue weighted by molar-refractivity contribution is 1.12. The Hall–Kier alpha value is -1.38. The fourth-order valence-corrected chi connectivity index (χ4v) is 0.520. The Kier molecular flexibility index (Phi) is 2.43. The standard InChI is InChI=1S/C7H9N3/c1-7-2-3-8-4-5-9-6-10-7/h2-4,6H,1,5H2,(H,9,10)/b3-2-,8-4-. The van der Waals surface area contributed by atoms with E-state index in [0.29, 0.717) is 12.2 Å². The van der Waals surface area contributed by atoms with E-state index in [4.69, 9.17) is 0 Å². The Balaban J connectivity index is 2.64. The van der Waals surface area contributed by atoms with Crippen molar-refractivity contribution >= 4 is 12.6 Å². The number of hydrogen-bond acceptors (Lipinski definition) is 3. The van der Waals surface area contributed by atoms with Crippen LogP contribution >= 0.6 is 0 Å². The largest absolute Gasteiger partial charge is 0.371 e. The van der Waals surface area contributed by atoms with Gasteiger partial charge in [0.15, 0.2) is 0 Å².